The van der Waals surface area contributed by atoms with Gasteiger partial charge in [0.25, 0.3) is 0 Å². The maximum atomic E-state index is 13.4. The van der Waals surface area contributed by atoms with E-state index in [4.69, 9.17) is 17.3 Å². The molecule has 5 nitrogen and oxygen atoms in total. The van der Waals surface area contributed by atoms with Crippen LogP contribution in [-0.2, 0) is 11.3 Å². The molecule has 0 aliphatic heterocycles. The van der Waals surface area contributed by atoms with Crippen molar-refractivity contribution in [1.29, 1.82) is 0 Å². The van der Waals surface area contributed by atoms with Gasteiger partial charge in [0.2, 0.25) is 5.91 Å². The van der Waals surface area contributed by atoms with Gasteiger partial charge in [0.05, 0.1) is 5.02 Å². The second-order valence-corrected chi connectivity index (χ2v) is 5.78. The molecule has 0 saturated heterocycles. The number of hydrogen-bond acceptors (Lipinski definition) is 2. The molecule has 3 amide bonds. The first-order chi connectivity index (χ1) is 10.9. The van der Waals surface area contributed by atoms with Crippen LogP contribution in [0.1, 0.15) is 38.2 Å². The van der Waals surface area contributed by atoms with E-state index in [0.717, 1.165) is 6.42 Å². The lowest BCUT2D eigenvalue weighted by atomic mass is 10.1. The smallest absolute Gasteiger partial charge is 0.317 e. The number of urea groups is 1. The molecule has 1 atom stereocenters. The van der Waals surface area contributed by atoms with Crippen molar-refractivity contribution < 1.29 is 14.0 Å². The van der Waals surface area contributed by atoms with Gasteiger partial charge in [0.15, 0.2) is 0 Å². The Morgan fingerprint density at radius 1 is 1.43 bits per heavy atom. The van der Waals surface area contributed by atoms with Gasteiger partial charge in [-0.05, 0) is 30.9 Å². The molecule has 0 radical (unpaired) electrons. The van der Waals surface area contributed by atoms with Crippen LogP contribution in [0.25, 0.3) is 0 Å². The molecule has 0 spiro atoms. The Balaban J connectivity index is 2.54. The van der Waals surface area contributed by atoms with Crippen molar-refractivity contribution in [3.8, 4) is 0 Å². The third kappa shape index (κ3) is 6.06. The lowest BCUT2D eigenvalue weighted by molar-refractivity contribution is -0.118. The number of nitrogens with two attached hydrogens (primary N) is 1. The number of hydrogen-bond donors (Lipinski definition) is 2. The average Bonchev–Trinajstić information content (AvgIpc) is 2.51. The van der Waals surface area contributed by atoms with Gasteiger partial charge >= 0.3 is 6.03 Å². The number of rotatable bonds is 8. The number of carbonyl (C=O) groups excluding carboxylic acids is 2. The average molecular weight is 344 g/mol. The molecule has 0 heterocycles. The minimum Gasteiger partial charge on any atom is -0.370 e. The van der Waals surface area contributed by atoms with E-state index in [1.807, 2.05) is 6.92 Å². The van der Waals surface area contributed by atoms with Crippen molar-refractivity contribution in [2.45, 2.75) is 45.2 Å². The summed E-state index contributed by atoms with van der Waals surface area (Å²) < 4.78 is 13.4. The summed E-state index contributed by atoms with van der Waals surface area (Å²) in [6.07, 6.45) is 2.42. The molecule has 1 rings (SSSR count). The van der Waals surface area contributed by atoms with Crippen molar-refractivity contribution in [2.24, 2.45) is 5.73 Å². The van der Waals surface area contributed by atoms with E-state index >= 15 is 0 Å². The molecule has 1 aromatic rings. The van der Waals surface area contributed by atoms with Gasteiger partial charge in [0, 0.05) is 26.1 Å². The van der Waals surface area contributed by atoms with Gasteiger partial charge in [-0.25, -0.2) is 9.18 Å². The standard InChI is InChI=1S/C16H23ClFN3O2/c1-3-12(7-5-9-14(19)22)21(2)16(23)20-10-11-6-4-8-13(18)15(11)17/h4,6,8,12H,3,5,7,9-10H2,1-2H3,(H2,19,22)(H,20,23). The van der Waals surface area contributed by atoms with Crippen molar-refractivity contribution in [2.75, 3.05) is 7.05 Å². The van der Waals surface area contributed by atoms with Crippen molar-refractivity contribution in [3.05, 3.63) is 34.6 Å². The highest BCUT2D eigenvalue weighted by Crippen LogP contribution is 2.19. The van der Waals surface area contributed by atoms with Crippen molar-refractivity contribution in [3.63, 3.8) is 0 Å². The summed E-state index contributed by atoms with van der Waals surface area (Å²) in [5.41, 5.74) is 5.64. The molecule has 23 heavy (non-hydrogen) atoms. The minimum atomic E-state index is -0.510. The lowest BCUT2D eigenvalue weighted by Crippen LogP contribution is -2.43. The summed E-state index contributed by atoms with van der Waals surface area (Å²) in [6, 6.07) is 4.22. The van der Waals surface area contributed by atoms with Crippen LogP contribution < -0.4 is 11.1 Å². The van der Waals surface area contributed by atoms with Crippen LogP contribution in [0.2, 0.25) is 5.02 Å². The second-order valence-electron chi connectivity index (χ2n) is 5.40. The van der Waals surface area contributed by atoms with E-state index in [0.29, 0.717) is 24.8 Å². The molecule has 0 fully saturated rings. The molecule has 0 bridgehead atoms. The van der Waals surface area contributed by atoms with Gasteiger partial charge in [-0.15, -0.1) is 0 Å². The Labute approximate surface area is 141 Å². The van der Waals surface area contributed by atoms with Gasteiger partial charge in [-0.3, -0.25) is 4.79 Å². The van der Waals surface area contributed by atoms with E-state index in [9.17, 15) is 14.0 Å². The number of nitrogens with zero attached hydrogens (tertiary/aromatic N) is 1. The molecular formula is C16H23ClFN3O2. The van der Waals surface area contributed by atoms with Crippen LogP contribution in [0.15, 0.2) is 18.2 Å². The van der Waals surface area contributed by atoms with E-state index in [1.54, 1.807) is 24.1 Å². The number of amides is 3. The Hall–Kier alpha value is -1.82. The van der Waals surface area contributed by atoms with Crippen LogP contribution >= 0.6 is 11.6 Å². The van der Waals surface area contributed by atoms with E-state index in [-0.39, 0.29) is 29.5 Å². The Morgan fingerprint density at radius 2 is 2.13 bits per heavy atom. The number of benzene rings is 1. The summed E-state index contributed by atoms with van der Waals surface area (Å²) in [5, 5.41) is 2.74. The Bertz CT molecular complexity index is 554. The molecule has 1 aromatic carbocycles. The minimum absolute atomic E-state index is 0.0114. The van der Waals surface area contributed by atoms with Crippen molar-refractivity contribution in [1.82, 2.24) is 10.2 Å². The number of primary amides is 1. The highest BCUT2D eigenvalue weighted by molar-refractivity contribution is 6.31. The molecular weight excluding hydrogens is 321 g/mol. The van der Waals surface area contributed by atoms with Gasteiger partial charge in [-0.1, -0.05) is 30.7 Å². The topological polar surface area (TPSA) is 75.4 Å². The number of carbonyl (C=O) groups is 2. The maximum absolute atomic E-state index is 13.4. The molecule has 1 unspecified atom stereocenters. The summed E-state index contributed by atoms with van der Waals surface area (Å²) in [5.74, 6) is -0.850. The molecule has 7 heteroatoms. The Kier molecular flexibility index (Phi) is 7.81. The Morgan fingerprint density at radius 3 is 2.74 bits per heavy atom. The second kappa shape index (κ2) is 9.35. The monoisotopic (exact) mass is 343 g/mol. The highest BCUT2D eigenvalue weighted by Gasteiger charge is 2.18. The first-order valence-electron chi connectivity index (χ1n) is 7.58. The number of halogens is 2. The van der Waals surface area contributed by atoms with Gasteiger partial charge in [0.1, 0.15) is 5.82 Å². The van der Waals surface area contributed by atoms with E-state index in [2.05, 4.69) is 5.32 Å². The number of nitrogens with one attached hydrogen (secondary N) is 1. The molecule has 0 aliphatic carbocycles. The van der Waals surface area contributed by atoms with Crippen LogP contribution in [0.3, 0.4) is 0 Å². The first kappa shape index (κ1) is 19.2. The predicted octanol–water partition coefficient (Wildman–Crippen LogP) is 3.05. The molecule has 0 saturated carbocycles. The third-order valence-corrected chi connectivity index (χ3v) is 4.18. The fourth-order valence-corrected chi connectivity index (χ4v) is 2.52. The normalized spacial score (nSPS) is 11.8. The van der Waals surface area contributed by atoms with Crippen LogP contribution in [-0.4, -0.2) is 29.9 Å². The zero-order chi connectivity index (χ0) is 17.4. The van der Waals surface area contributed by atoms with E-state index < -0.39 is 5.82 Å². The maximum Gasteiger partial charge on any atom is 0.317 e. The van der Waals surface area contributed by atoms with Gasteiger partial charge in [-0.2, -0.15) is 0 Å². The summed E-state index contributed by atoms with van der Waals surface area (Å²) >= 11 is 5.86. The molecule has 0 aromatic heterocycles. The summed E-state index contributed by atoms with van der Waals surface area (Å²) in [4.78, 5) is 24.6. The van der Waals surface area contributed by atoms with Crippen LogP contribution in [0.5, 0.6) is 0 Å². The lowest BCUT2D eigenvalue weighted by Gasteiger charge is -2.27. The predicted molar refractivity (Wildman–Crippen MR) is 88.5 cm³/mol. The quantitative estimate of drug-likeness (QED) is 0.761. The molecule has 0 aliphatic rings. The zero-order valence-corrected chi connectivity index (χ0v) is 14.2. The molecule has 128 valence electrons. The summed E-state index contributed by atoms with van der Waals surface area (Å²) in [6.45, 7) is 2.12. The largest absolute Gasteiger partial charge is 0.370 e. The molecule has 3 N–H and O–H groups in total. The first-order valence-corrected chi connectivity index (χ1v) is 7.96. The SMILES string of the molecule is CCC(CCCC(N)=O)N(C)C(=O)NCc1cccc(F)c1Cl. The highest BCUT2D eigenvalue weighted by atomic mass is 35.5. The third-order valence-electron chi connectivity index (χ3n) is 3.76. The fraction of sp³-hybridized carbons (Fsp3) is 0.500. The van der Waals surface area contributed by atoms with Crippen LogP contribution in [0, 0.1) is 5.82 Å². The van der Waals surface area contributed by atoms with Crippen LogP contribution in [0.4, 0.5) is 9.18 Å². The van der Waals surface area contributed by atoms with Crippen molar-refractivity contribution >= 4 is 23.5 Å². The summed E-state index contributed by atoms with van der Waals surface area (Å²) in [7, 11) is 1.70. The van der Waals surface area contributed by atoms with E-state index in [1.165, 1.54) is 6.07 Å². The zero-order valence-electron chi connectivity index (χ0n) is 13.4. The fourth-order valence-electron chi connectivity index (χ4n) is 2.33. The van der Waals surface area contributed by atoms with Gasteiger partial charge < -0.3 is 16.0 Å².